The summed E-state index contributed by atoms with van der Waals surface area (Å²) in [6.45, 7) is 9.26. The van der Waals surface area contributed by atoms with E-state index in [1.165, 1.54) is 11.3 Å². The van der Waals surface area contributed by atoms with Crippen LogP contribution < -0.4 is 10.0 Å². The molecule has 1 heterocycles. The van der Waals surface area contributed by atoms with Gasteiger partial charge in [0.25, 0.3) is 0 Å². The van der Waals surface area contributed by atoms with Crippen LogP contribution in [-0.4, -0.2) is 33.7 Å². The van der Waals surface area contributed by atoms with Gasteiger partial charge in [0.05, 0.1) is 11.5 Å². The Morgan fingerprint density at radius 2 is 2.05 bits per heavy atom. The molecule has 0 spiro atoms. The second kappa shape index (κ2) is 8.09. The molecular formula is C13H24N2O3S2. The smallest absolute Gasteiger partial charge is 0.242 e. The van der Waals surface area contributed by atoms with Crippen molar-refractivity contribution in [1.29, 1.82) is 0 Å². The lowest BCUT2D eigenvalue weighted by molar-refractivity contribution is 0.133. The minimum atomic E-state index is -3.48. The molecule has 0 amide bonds. The molecule has 116 valence electrons. The molecule has 0 fully saturated rings. The van der Waals surface area contributed by atoms with Crippen LogP contribution in [0.2, 0.25) is 0 Å². The van der Waals surface area contributed by atoms with E-state index < -0.39 is 10.0 Å². The number of hydrogen-bond acceptors (Lipinski definition) is 5. The molecule has 0 aliphatic carbocycles. The summed E-state index contributed by atoms with van der Waals surface area (Å²) in [5.74, 6) is 0. The molecule has 20 heavy (non-hydrogen) atoms. The zero-order chi connectivity index (χ0) is 15.2. The normalized spacial score (nSPS) is 13.8. The largest absolute Gasteiger partial charge is 0.380 e. The molecule has 0 aliphatic heterocycles. The minimum Gasteiger partial charge on any atom is -0.380 e. The standard InChI is InChI=1S/C13H24N2O3S2/c1-5-18-9-11(4)15-20(16,17)13-6-7-19-12(13)8-14-10(2)3/h6-7,10-11,14-15H,5,8-9H2,1-4H3. The van der Waals surface area contributed by atoms with Crippen LogP contribution in [0.3, 0.4) is 0 Å². The second-order valence-corrected chi connectivity index (χ2v) is 7.61. The molecular weight excluding hydrogens is 296 g/mol. The molecule has 1 rings (SSSR count). The lowest BCUT2D eigenvalue weighted by Gasteiger charge is -2.15. The van der Waals surface area contributed by atoms with Gasteiger partial charge < -0.3 is 10.1 Å². The highest BCUT2D eigenvalue weighted by atomic mass is 32.2. The fourth-order valence-corrected chi connectivity index (χ4v) is 4.27. The highest BCUT2D eigenvalue weighted by Gasteiger charge is 2.21. The van der Waals surface area contributed by atoms with Gasteiger partial charge in [-0.3, -0.25) is 0 Å². The summed E-state index contributed by atoms with van der Waals surface area (Å²) in [6, 6.07) is 1.72. The van der Waals surface area contributed by atoms with E-state index in [0.717, 1.165) is 4.88 Å². The van der Waals surface area contributed by atoms with Crippen molar-refractivity contribution in [3.8, 4) is 0 Å². The summed E-state index contributed by atoms with van der Waals surface area (Å²) in [6.07, 6.45) is 0. The van der Waals surface area contributed by atoms with Crippen LogP contribution in [0.15, 0.2) is 16.3 Å². The summed E-state index contributed by atoms with van der Waals surface area (Å²) in [7, 11) is -3.48. The minimum absolute atomic E-state index is 0.245. The van der Waals surface area contributed by atoms with E-state index in [0.29, 0.717) is 30.7 Å². The maximum atomic E-state index is 12.3. The maximum absolute atomic E-state index is 12.3. The summed E-state index contributed by atoms with van der Waals surface area (Å²) in [5.41, 5.74) is 0. The van der Waals surface area contributed by atoms with Crippen LogP contribution in [0.4, 0.5) is 0 Å². The third kappa shape index (κ3) is 5.49. The van der Waals surface area contributed by atoms with Crippen LogP contribution in [0.25, 0.3) is 0 Å². The molecule has 7 heteroatoms. The van der Waals surface area contributed by atoms with Crippen LogP contribution in [0.5, 0.6) is 0 Å². The van der Waals surface area contributed by atoms with Gasteiger partial charge in [0.1, 0.15) is 0 Å². The number of rotatable bonds is 9. The predicted octanol–water partition coefficient (Wildman–Crippen LogP) is 1.95. The van der Waals surface area contributed by atoms with Crippen molar-refractivity contribution in [3.63, 3.8) is 0 Å². The Balaban J connectivity index is 2.74. The van der Waals surface area contributed by atoms with Crippen molar-refractivity contribution in [2.75, 3.05) is 13.2 Å². The summed E-state index contributed by atoms with van der Waals surface area (Å²) < 4.78 is 32.6. The molecule has 0 bridgehead atoms. The van der Waals surface area contributed by atoms with Gasteiger partial charge in [-0.1, -0.05) is 13.8 Å². The molecule has 1 aromatic heterocycles. The number of ether oxygens (including phenoxy) is 1. The Labute approximate surface area is 125 Å². The Hall–Kier alpha value is -0.470. The Kier molecular flexibility index (Phi) is 7.11. The van der Waals surface area contributed by atoms with Gasteiger partial charge in [0.2, 0.25) is 10.0 Å². The molecule has 1 atom stereocenters. The van der Waals surface area contributed by atoms with E-state index in [4.69, 9.17) is 4.74 Å². The van der Waals surface area contributed by atoms with Gasteiger partial charge in [-0.2, -0.15) is 0 Å². The van der Waals surface area contributed by atoms with Crippen molar-refractivity contribution in [1.82, 2.24) is 10.0 Å². The van der Waals surface area contributed by atoms with E-state index in [9.17, 15) is 8.42 Å². The fourth-order valence-electron chi connectivity index (χ4n) is 1.65. The van der Waals surface area contributed by atoms with Crippen molar-refractivity contribution >= 4 is 21.4 Å². The first kappa shape index (κ1) is 17.6. The molecule has 0 aromatic carbocycles. The summed E-state index contributed by atoms with van der Waals surface area (Å²) >= 11 is 1.45. The van der Waals surface area contributed by atoms with Crippen LogP contribution in [-0.2, 0) is 21.3 Å². The molecule has 2 N–H and O–H groups in total. The van der Waals surface area contributed by atoms with Crippen molar-refractivity contribution in [3.05, 3.63) is 16.3 Å². The Bertz CT molecular complexity index is 497. The van der Waals surface area contributed by atoms with E-state index in [1.54, 1.807) is 18.4 Å². The SMILES string of the molecule is CCOCC(C)NS(=O)(=O)c1ccsc1CNC(C)C. The van der Waals surface area contributed by atoms with Crippen LogP contribution >= 0.6 is 11.3 Å². The van der Waals surface area contributed by atoms with Gasteiger partial charge in [0, 0.05) is 30.1 Å². The Morgan fingerprint density at radius 3 is 2.65 bits per heavy atom. The second-order valence-electron chi connectivity index (χ2n) is 4.93. The topological polar surface area (TPSA) is 67.4 Å². The summed E-state index contributed by atoms with van der Waals surface area (Å²) in [4.78, 5) is 1.19. The zero-order valence-electron chi connectivity index (χ0n) is 12.5. The van der Waals surface area contributed by atoms with Crippen molar-refractivity contribution in [2.45, 2.75) is 51.2 Å². The zero-order valence-corrected chi connectivity index (χ0v) is 14.1. The lowest BCUT2D eigenvalue weighted by Crippen LogP contribution is -2.36. The van der Waals surface area contributed by atoms with Crippen LogP contribution in [0.1, 0.15) is 32.6 Å². The highest BCUT2D eigenvalue weighted by Crippen LogP contribution is 2.22. The van der Waals surface area contributed by atoms with Gasteiger partial charge in [-0.05, 0) is 25.3 Å². The highest BCUT2D eigenvalue weighted by molar-refractivity contribution is 7.89. The molecule has 1 aromatic rings. The average Bonchev–Trinajstić information content (AvgIpc) is 2.82. The maximum Gasteiger partial charge on any atom is 0.242 e. The Morgan fingerprint density at radius 1 is 1.35 bits per heavy atom. The van der Waals surface area contributed by atoms with Gasteiger partial charge >= 0.3 is 0 Å². The average molecular weight is 320 g/mol. The lowest BCUT2D eigenvalue weighted by atomic mass is 10.4. The first-order chi connectivity index (χ1) is 9.36. The number of sulfonamides is 1. The van der Waals surface area contributed by atoms with Gasteiger partial charge in [-0.15, -0.1) is 11.3 Å². The van der Waals surface area contributed by atoms with E-state index in [1.807, 2.05) is 20.8 Å². The first-order valence-corrected chi connectivity index (χ1v) is 9.13. The number of thiophene rings is 1. The molecule has 1 unspecified atom stereocenters. The monoisotopic (exact) mass is 320 g/mol. The number of nitrogens with one attached hydrogen (secondary N) is 2. The van der Waals surface area contributed by atoms with E-state index in [-0.39, 0.29) is 6.04 Å². The van der Waals surface area contributed by atoms with Crippen molar-refractivity contribution < 1.29 is 13.2 Å². The molecule has 0 saturated heterocycles. The molecule has 0 saturated carbocycles. The third-order valence-corrected chi connectivity index (χ3v) is 5.32. The molecule has 5 nitrogen and oxygen atoms in total. The molecule has 0 aliphatic rings. The van der Waals surface area contributed by atoms with Crippen LogP contribution in [0, 0.1) is 0 Å². The third-order valence-electron chi connectivity index (χ3n) is 2.59. The van der Waals surface area contributed by atoms with Gasteiger partial charge in [0.15, 0.2) is 0 Å². The first-order valence-electron chi connectivity index (χ1n) is 6.76. The fraction of sp³-hybridized carbons (Fsp3) is 0.692. The quantitative estimate of drug-likeness (QED) is 0.730. The van der Waals surface area contributed by atoms with Gasteiger partial charge in [-0.25, -0.2) is 13.1 Å². The van der Waals surface area contributed by atoms with E-state index >= 15 is 0 Å². The number of hydrogen-bond donors (Lipinski definition) is 2. The predicted molar refractivity (Wildman–Crippen MR) is 82.6 cm³/mol. The van der Waals surface area contributed by atoms with E-state index in [2.05, 4.69) is 10.0 Å². The van der Waals surface area contributed by atoms with Crippen molar-refractivity contribution in [2.24, 2.45) is 0 Å². The molecule has 0 radical (unpaired) electrons. The summed E-state index contributed by atoms with van der Waals surface area (Å²) in [5, 5.41) is 5.05.